The van der Waals surface area contributed by atoms with E-state index in [4.69, 9.17) is 0 Å². The fourth-order valence-electron chi connectivity index (χ4n) is 2.93. The molecule has 1 heterocycles. The van der Waals surface area contributed by atoms with Gasteiger partial charge in [0.05, 0.1) is 0 Å². The van der Waals surface area contributed by atoms with Crippen molar-refractivity contribution in [2.45, 2.75) is 46.1 Å². The van der Waals surface area contributed by atoms with Crippen molar-refractivity contribution in [3.05, 3.63) is 29.8 Å². The number of likely N-dealkylation sites (tertiary alicyclic amines) is 1. The number of nitrogens with one attached hydrogen (secondary N) is 2. The Kier molecular flexibility index (Phi) is 6.56. The Hall–Kier alpha value is -2.37. The van der Waals surface area contributed by atoms with Gasteiger partial charge in [0.1, 0.15) is 0 Å². The molecular weight excluding hydrogens is 318 g/mol. The first-order valence-electron chi connectivity index (χ1n) is 8.81. The first-order valence-corrected chi connectivity index (χ1v) is 8.81. The summed E-state index contributed by atoms with van der Waals surface area (Å²) in [6.07, 6.45) is 2.14. The molecule has 6 heteroatoms. The van der Waals surface area contributed by atoms with Gasteiger partial charge in [0, 0.05) is 43.7 Å². The quantitative estimate of drug-likeness (QED) is 0.860. The predicted octanol–water partition coefficient (Wildman–Crippen LogP) is 2.41. The van der Waals surface area contributed by atoms with Gasteiger partial charge in [-0.15, -0.1) is 0 Å². The van der Waals surface area contributed by atoms with Crippen molar-refractivity contribution in [1.82, 2.24) is 10.2 Å². The second kappa shape index (κ2) is 8.65. The van der Waals surface area contributed by atoms with E-state index in [0.29, 0.717) is 36.7 Å². The summed E-state index contributed by atoms with van der Waals surface area (Å²) < 4.78 is 0. The van der Waals surface area contributed by atoms with E-state index in [9.17, 15) is 14.4 Å². The van der Waals surface area contributed by atoms with Gasteiger partial charge in [0.2, 0.25) is 11.8 Å². The first-order chi connectivity index (χ1) is 11.8. The minimum Gasteiger partial charge on any atom is -0.349 e. The summed E-state index contributed by atoms with van der Waals surface area (Å²) in [4.78, 5) is 37.3. The van der Waals surface area contributed by atoms with E-state index in [1.165, 1.54) is 6.92 Å². The van der Waals surface area contributed by atoms with Crippen LogP contribution in [0.5, 0.6) is 0 Å². The van der Waals surface area contributed by atoms with Crippen molar-refractivity contribution < 1.29 is 14.4 Å². The average molecular weight is 345 g/mol. The Morgan fingerprint density at radius 2 is 1.72 bits per heavy atom. The van der Waals surface area contributed by atoms with Crippen molar-refractivity contribution in [2.24, 2.45) is 5.92 Å². The summed E-state index contributed by atoms with van der Waals surface area (Å²) in [5, 5.41) is 5.70. The lowest BCUT2D eigenvalue weighted by Crippen LogP contribution is -2.46. The van der Waals surface area contributed by atoms with Gasteiger partial charge < -0.3 is 15.5 Å². The van der Waals surface area contributed by atoms with E-state index in [2.05, 4.69) is 10.6 Å². The molecule has 1 aromatic carbocycles. The molecule has 0 radical (unpaired) electrons. The van der Waals surface area contributed by atoms with Gasteiger partial charge in [-0.2, -0.15) is 0 Å². The highest BCUT2D eigenvalue weighted by molar-refractivity contribution is 5.95. The molecule has 0 spiro atoms. The smallest absolute Gasteiger partial charge is 0.251 e. The average Bonchev–Trinajstić information content (AvgIpc) is 2.55. The van der Waals surface area contributed by atoms with Crippen LogP contribution in [0, 0.1) is 5.92 Å². The zero-order valence-corrected chi connectivity index (χ0v) is 15.2. The van der Waals surface area contributed by atoms with E-state index in [-0.39, 0.29) is 23.8 Å². The fraction of sp³-hybridized carbons (Fsp3) is 0.526. The van der Waals surface area contributed by atoms with E-state index in [1.807, 2.05) is 18.7 Å². The van der Waals surface area contributed by atoms with E-state index in [1.54, 1.807) is 24.3 Å². The Bertz CT molecular complexity index is 617. The van der Waals surface area contributed by atoms with Gasteiger partial charge in [-0.1, -0.05) is 13.8 Å². The molecule has 1 fully saturated rings. The number of benzene rings is 1. The maximum Gasteiger partial charge on any atom is 0.251 e. The number of carbonyl (C=O) groups is 3. The normalized spacial score (nSPS) is 15.1. The molecule has 25 heavy (non-hydrogen) atoms. The van der Waals surface area contributed by atoms with Crippen LogP contribution in [0.2, 0.25) is 0 Å². The third-order valence-corrected chi connectivity index (χ3v) is 4.23. The molecule has 1 saturated heterocycles. The maximum absolute atomic E-state index is 12.3. The summed E-state index contributed by atoms with van der Waals surface area (Å²) >= 11 is 0. The molecule has 0 aromatic heterocycles. The van der Waals surface area contributed by atoms with Crippen LogP contribution < -0.4 is 10.6 Å². The van der Waals surface area contributed by atoms with Gasteiger partial charge >= 0.3 is 0 Å². The molecule has 0 bridgehead atoms. The van der Waals surface area contributed by atoms with Crippen molar-refractivity contribution >= 4 is 23.4 Å². The zero-order chi connectivity index (χ0) is 18.4. The van der Waals surface area contributed by atoms with Crippen LogP contribution in [0.3, 0.4) is 0 Å². The minimum atomic E-state index is -0.143. The second-order valence-electron chi connectivity index (χ2n) is 6.99. The highest BCUT2D eigenvalue weighted by atomic mass is 16.2. The SMILES string of the molecule is CC(=O)Nc1ccc(C(=O)NC2CCN(C(=O)CC(C)C)CC2)cc1. The Labute approximate surface area is 149 Å². The molecule has 0 atom stereocenters. The second-order valence-corrected chi connectivity index (χ2v) is 6.99. The van der Waals surface area contributed by atoms with Gasteiger partial charge in [-0.3, -0.25) is 14.4 Å². The minimum absolute atomic E-state index is 0.0885. The molecule has 136 valence electrons. The molecule has 1 aliphatic heterocycles. The summed E-state index contributed by atoms with van der Waals surface area (Å²) in [7, 11) is 0. The summed E-state index contributed by atoms with van der Waals surface area (Å²) in [6.45, 7) is 6.92. The third kappa shape index (κ3) is 5.89. The molecule has 0 aliphatic carbocycles. The van der Waals surface area contributed by atoms with Crippen molar-refractivity contribution in [3.63, 3.8) is 0 Å². The summed E-state index contributed by atoms with van der Waals surface area (Å²) in [6, 6.07) is 6.90. The van der Waals surface area contributed by atoms with Crippen molar-refractivity contribution in [1.29, 1.82) is 0 Å². The molecule has 2 rings (SSSR count). The van der Waals surface area contributed by atoms with Gasteiger partial charge in [-0.05, 0) is 43.0 Å². The Morgan fingerprint density at radius 3 is 2.24 bits per heavy atom. The summed E-state index contributed by atoms with van der Waals surface area (Å²) in [5.41, 5.74) is 1.23. The van der Waals surface area contributed by atoms with Crippen LogP contribution in [-0.4, -0.2) is 41.8 Å². The van der Waals surface area contributed by atoms with Crippen LogP contribution in [-0.2, 0) is 9.59 Å². The Morgan fingerprint density at radius 1 is 1.12 bits per heavy atom. The number of amides is 3. The van der Waals surface area contributed by atoms with Gasteiger partial charge in [0.25, 0.3) is 5.91 Å². The number of anilines is 1. The highest BCUT2D eigenvalue weighted by Gasteiger charge is 2.24. The van der Waals surface area contributed by atoms with E-state index in [0.717, 1.165) is 12.8 Å². The van der Waals surface area contributed by atoms with Gasteiger partial charge in [-0.25, -0.2) is 0 Å². The van der Waals surface area contributed by atoms with Crippen molar-refractivity contribution in [2.75, 3.05) is 18.4 Å². The summed E-state index contributed by atoms with van der Waals surface area (Å²) in [5.74, 6) is 0.302. The molecular formula is C19H27N3O3. The molecule has 1 aliphatic rings. The Balaban J connectivity index is 1.82. The van der Waals surface area contributed by atoms with Crippen LogP contribution in [0.15, 0.2) is 24.3 Å². The molecule has 3 amide bonds. The largest absolute Gasteiger partial charge is 0.349 e. The number of hydrogen-bond acceptors (Lipinski definition) is 3. The lowest BCUT2D eigenvalue weighted by Gasteiger charge is -2.32. The topological polar surface area (TPSA) is 78.5 Å². The van der Waals surface area contributed by atoms with Crippen molar-refractivity contribution in [3.8, 4) is 0 Å². The monoisotopic (exact) mass is 345 g/mol. The predicted molar refractivity (Wildman–Crippen MR) is 97.3 cm³/mol. The number of rotatable bonds is 5. The number of hydrogen-bond donors (Lipinski definition) is 2. The number of piperidine rings is 1. The maximum atomic E-state index is 12.3. The molecule has 0 saturated carbocycles. The number of carbonyl (C=O) groups excluding carboxylic acids is 3. The van der Waals surface area contributed by atoms with E-state index >= 15 is 0 Å². The number of nitrogens with zero attached hydrogens (tertiary/aromatic N) is 1. The fourth-order valence-corrected chi connectivity index (χ4v) is 2.93. The lowest BCUT2D eigenvalue weighted by molar-refractivity contribution is -0.133. The van der Waals surface area contributed by atoms with Gasteiger partial charge in [0.15, 0.2) is 0 Å². The van der Waals surface area contributed by atoms with Crippen LogP contribution in [0.25, 0.3) is 0 Å². The standard InChI is InChI=1S/C19H27N3O3/c1-13(2)12-18(24)22-10-8-17(9-11-22)21-19(25)15-4-6-16(7-5-15)20-14(3)23/h4-7,13,17H,8-12H2,1-3H3,(H,20,23)(H,21,25). The molecule has 0 unspecified atom stereocenters. The molecule has 1 aromatic rings. The lowest BCUT2D eigenvalue weighted by atomic mass is 10.0. The highest BCUT2D eigenvalue weighted by Crippen LogP contribution is 2.15. The van der Waals surface area contributed by atoms with E-state index < -0.39 is 0 Å². The zero-order valence-electron chi connectivity index (χ0n) is 15.2. The van der Waals surface area contributed by atoms with Crippen LogP contribution >= 0.6 is 0 Å². The van der Waals surface area contributed by atoms with Crippen LogP contribution in [0.4, 0.5) is 5.69 Å². The van der Waals surface area contributed by atoms with Crippen LogP contribution in [0.1, 0.15) is 50.4 Å². The molecule has 6 nitrogen and oxygen atoms in total. The third-order valence-electron chi connectivity index (χ3n) is 4.23. The molecule has 2 N–H and O–H groups in total. The first kappa shape index (κ1) is 19.0.